The molecule has 0 bridgehead atoms. The van der Waals surface area contributed by atoms with Gasteiger partial charge in [-0.3, -0.25) is 4.79 Å². The van der Waals surface area contributed by atoms with E-state index in [0.717, 1.165) is 16.6 Å². The fraction of sp³-hybridized carbons (Fsp3) is 0.286. The average Bonchev–Trinajstić information content (AvgIpc) is 3.33. The number of sulfonamides is 1. The number of halogens is 1. The molecule has 3 N–H and O–H groups in total. The van der Waals surface area contributed by atoms with Gasteiger partial charge < -0.3 is 10.3 Å². The molecule has 9 heteroatoms. The molecule has 37 heavy (non-hydrogen) atoms. The normalized spacial score (nSPS) is 19.0. The number of hydrogen-bond donors (Lipinski definition) is 3. The smallest absolute Gasteiger partial charge is 0.240 e. The predicted octanol–water partition coefficient (Wildman–Crippen LogP) is 5.08. The molecule has 1 amide bonds. The van der Waals surface area contributed by atoms with Gasteiger partial charge in [-0.25, -0.2) is 22.5 Å². The van der Waals surface area contributed by atoms with Gasteiger partial charge in [0.2, 0.25) is 15.9 Å². The van der Waals surface area contributed by atoms with E-state index < -0.39 is 10.0 Å². The molecule has 1 saturated carbocycles. The Balaban J connectivity index is 1.19. The molecule has 0 aliphatic heterocycles. The van der Waals surface area contributed by atoms with E-state index in [1.165, 1.54) is 12.1 Å². The number of rotatable bonds is 7. The van der Waals surface area contributed by atoms with E-state index in [-0.39, 0.29) is 34.6 Å². The van der Waals surface area contributed by atoms with Crippen LogP contribution in [-0.4, -0.2) is 30.3 Å². The van der Waals surface area contributed by atoms with E-state index in [1.54, 1.807) is 30.3 Å². The van der Waals surface area contributed by atoms with E-state index in [2.05, 4.69) is 20.0 Å². The molecule has 3 aromatic carbocycles. The van der Waals surface area contributed by atoms with Crippen molar-refractivity contribution in [3.63, 3.8) is 0 Å². The van der Waals surface area contributed by atoms with Gasteiger partial charge in [-0.15, -0.1) is 0 Å². The van der Waals surface area contributed by atoms with E-state index in [4.69, 9.17) is 0 Å². The molecule has 1 atom stereocenters. The predicted molar refractivity (Wildman–Crippen MR) is 141 cm³/mol. The number of H-pyrrole nitrogens is 1. The largest absolute Gasteiger partial charge is 0.349 e. The van der Waals surface area contributed by atoms with Crippen LogP contribution in [0.4, 0.5) is 4.39 Å². The van der Waals surface area contributed by atoms with Crippen LogP contribution in [0.3, 0.4) is 0 Å². The number of nitrogens with zero attached hydrogens (tertiary/aromatic N) is 1. The van der Waals surface area contributed by atoms with Crippen molar-refractivity contribution in [2.45, 2.75) is 49.6 Å². The maximum absolute atomic E-state index is 13.2. The Kier molecular flexibility index (Phi) is 7.08. The third-order valence-corrected chi connectivity index (χ3v) is 8.48. The minimum atomic E-state index is -3.74. The summed E-state index contributed by atoms with van der Waals surface area (Å²) in [6.45, 7) is 1.86. The van der Waals surface area contributed by atoms with Gasteiger partial charge in [-0.05, 0) is 68.5 Å². The first-order valence-corrected chi connectivity index (χ1v) is 13.9. The zero-order valence-electron chi connectivity index (χ0n) is 20.4. The number of hydrogen-bond acceptors (Lipinski definition) is 4. The van der Waals surface area contributed by atoms with Crippen LogP contribution >= 0.6 is 0 Å². The molecule has 0 saturated heterocycles. The molecular weight excluding hydrogens is 491 g/mol. The average molecular weight is 521 g/mol. The number of fused-ring (bicyclic) bond motifs is 1. The van der Waals surface area contributed by atoms with Crippen molar-refractivity contribution in [3.05, 3.63) is 84.2 Å². The van der Waals surface area contributed by atoms with Crippen LogP contribution in [0.15, 0.2) is 77.7 Å². The molecule has 7 nitrogen and oxygen atoms in total. The Morgan fingerprint density at radius 3 is 2.41 bits per heavy atom. The standard InChI is InChI=1S/C28H29FN4O3S/c1-18(19-7-11-22(29)12-8-19)30-28(34)21-9-13-23(14-10-21)33-37(35,36)24-15-16-25-26(17-24)32-27(31-25)20-5-3-2-4-6-20/h2-8,11-12,15-18,21,23,33H,9-10,13-14H2,1H3,(H,30,34)(H,31,32)/t18-,21?,23?/m1/s1. The van der Waals surface area contributed by atoms with Crippen molar-refractivity contribution in [2.75, 3.05) is 0 Å². The second-order valence-electron chi connectivity index (χ2n) is 9.58. The van der Waals surface area contributed by atoms with Gasteiger partial charge in [0.15, 0.2) is 0 Å². The van der Waals surface area contributed by atoms with Crippen LogP contribution in [-0.2, 0) is 14.8 Å². The summed E-state index contributed by atoms with van der Waals surface area (Å²) in [5, 5.41) is 3.00. The Morgan fingerprint density at radius 1 is 1.00 bits per heavy atom. The number of aromatic amines is 1. The lowest BCUT2D eigenvalue weighted by Crippen LogP contribution is -2.41. The van der Waals surface area contributed by atoms with Crippen LogP contribution in [0.1, 0.15) is 44.2 Å². The highest BCUT2D eigenvalue weighted by atomic mass is 32.2. The maximum atomic E-state index is 13.2. The molecule has 1 aliphatic rings. The van der Waals surface area contributed by atoms with E-state index in [1.807, 2.05) is 37.3 Å². The molecule has 0 unspecified atom stereocenters. The molecule has 0 radical (unpaired) electrons. The molecule has 5 rings (SSSR count). The number of aromatic nitrogens is 2. The SMILES string of the molecule is C[C@@H](NC(=O)C1CCC(NS(=O)(=O)c2ccc3[nH]c(-c4ccccc4)nc3c2)CC1)c1ccc(F)cc1. The van der Waals surface area contributed by atoms with E-state index in [9.17, 15) is 17.6 Å². The van der Waals surface area contributed by atoms with Gasteiger partial charge in [-0.1, -0.05) is 42.5 Å². The molecule has 1 heterocycles. The lowest BCUT2D eigenvalue weighted by Gasteiger charge is -2.29. The molecular formula is C28H29FN4O3S. The number of imidazole rings is 1. The number of amides is 1. The van der Waals surface area contributed by atoms with Gasteiger partial charge in [0, 0.05) is 17.5 Å². The van der Waals surface area contributed by atoms with Crippen molar-refractivity contribution in [1.29, 1.82) is 0 Å². The number of carbonyl (C=O) groups is 1. The third kappa shape index (κ3) is 5.73. The summed E-state index contributed by atoms with van der Waals surface area (Å²) in [6.07, 6.45) is 2.33. The van der Waals surface area contributed by atoms with Crippen LogP contribution in [0.25, 0.3) is 22.4 Å². The van der Waals surface area contributed by atoms with Crippen LogP contribution in [0.2, 0.25) is 0 Å². The molecule has 0 spiro atoms. The Hall–Kier alpha value is -3.56. The molecule has 1 aromatic heterocycles. The fourth-order valence-electron chi connectivity index (χ4n) is 4.81. The minimum Gasteiger partial charge on any atom is -0.349 e. The maximum Gasteiger partial charge on any atom is 0.240 e. The Morgan fingerprint density at radius 2 is 1.70 bits per heavy atom. The monoisotopic (exact) mass is 520 g/mol. The van der Waals surface area contributed by atoms with E-state index in [0.29, 0.717) is 37.0 Å². The number of carbonyl (C=O) groups excluding carboxylic acids is 1. The molecule has 4 aromatic rings. The third-order valence-electron chi connectivity index (χ3n) is 6.96. The van der Waals surface area contributed by atoms with Crippen molar-refractivity contribution < 1.29 is 17.6 Å². The first-order valence-electron chi connectivity index (χ1n) is 12.4. The summed E-state index contributed by atoms with van der Waals surface area (Å²) in [5.41, 5.74) is 3.10. The van der Waals surface area contributed by atoms with Crippen molar-refractivity contribution >= 4 is 27.0 Å². The van der Waals surface area contributed by atoms with Gasteiger partial charge in [0.1, 0.15) is 11.6 Å². The van der Waals surface area contributed by atoms with Crippen LogP contribution in [0.5, 0.6) is 0 Å². The lowest BCUT2D eigenvalue weighted by molar-refractivity contribution is -0.126. The first-order chi connectivity index (χ1) is 17.8. The molecule has 1 fully saturated rings. The second kappa shape index (κ2) is 10.4. The van der Waals surface area contributed by atoms with Gasteiger partial charge >= 0.3 is 0 Å². The van der Waals surface area contributed by atoms with Gasteiger partial charge in [-0.2, -0.15) is 0 Å². The summed E-state index contributed by atoms with van der Waals surface area (Å²) >= 11 is 0. The highest BCUT2D eigenvalue weighted by molar-refractivity contribution is 7.89. The van der Waals surface area contributed by atoms with Crippen molar-refractivity contribution in [1.82, 2.24) is 20.0 Å². The zero-order valence-corrected chi connectivity index (χ0v) is 21.3. The molecule has 1 aliphatic carbocycles. The first kappa shape index (κ1) is 25.1. The Labute approximate surface area is 215 Å². The minimum absolute atomic E-state index is 0.0589. The summed E-state index contributed by atoms with van der Waals surface area (Å²) in [6, 6.07) is 20.1. The van der Waals surface area contributed by atoms with Crippen molar-refractivity contribution in [2.24, 2.45) is 5.92 Å². The van der Waals surface area contributed by atoms with Gasteiger partial charge in [0.25, 0.3) is 0 Å². The number of benzene rings is 3. The summed E-state index contributed by atoms with van der Waals surface area (Å²) in [7, 11) is -3.74. The summed E-state index contributed by atoms with van der Waals surface area (Å²) < 4.78 is 42.2. The van der Waals surface area contributed by atoms with Crippen molar-refractivity contribution in [3.8, 4) is 11.4 Å². The summed E-state index contributed by atoms with van der Waals surface area (Å²) in [4.78, 5) is 20.7. The highest BCUT2D eigenvalue weighted by Crippen LogP contribution is 2.28. The zero-order chi connectivity index (χ0) is 26.0. The van der Waals surface area contributed by atoms with Gasteiger partial charge in [0.05, 0.1) is 22.0 Å². The van der Waals surface area contributed by atoms with Crippen LogP contribution in [0, 0.1) is 11.7 Å². The topological polar surface area (TPSA) is 104 Å². The lowest BCUT2D eigenvalue weighted by atomic mass is 9.85. The molecule has 192 valence electrons. The van der Waals surface area contributed by atoms with Crippen LogP contribution < -0.4 is 10.0 Å². The second-order valence-corrected chi connectivity index (χ2v) is 11.3. The highest BCUT2D eigenvalue weighted by Gasteiger charge is 2.30. The fourth-order valence-corrected chi connectivity index (χ4v) is 6.14. The quantitative estimate of drug-likeness (QED) is 0.316. The van der Waals surface area contributed by atoms with E-state index >= 15 is 0 Å². The number of nitrogens with one attached hydrogen (secondary N) is 3. The summed E-state index contributed by atoms with van der Waals surface area (Å²) in [5.74, 6) is 0.129. The Bertz CT molecular complexity index is 1500.